The number of benzene rings is 1. The Morgan fingerprint density at radius 3 is 2.95 bits per heavy atom. The molecule has 0 aliphatic carbocycles. The molecule has 3 aromatic rings. The van der Waals surface area contributed by atoms with Crippen molar-refractivity contribution in [1.82, 2.24) is 4.98 Å². The first kappa shape index (κ1) is 12.7. The summed E-state index contributed by atoms with van der Waals surface area (Å²) in [4.78, 5) is 16.1. The van der Waals surface area contributed by atoms with Crippen LogP contribution in [-0.4, -0.2) is 10.9 Å². The van der Waals surface area contributed by atoms with Crippen LogP contribution >= 0.6 is 15.9 Å². The second-order valence-corrected chi connectivity index (χ2v) is 5.07. The number of nitrogens with one attached hydrogen (secondary N) is 1. The Balaban J connectivity index is 1.91. The van der Waals surface area contributed by atoms with E-state index in [9.17, 15) is 4.79 Å². The SMILES string of the molecule is Nc1ccc2oc(C(=O)Nc3ccncc3Br)cc2c1. The van der Waals surface area contributed by atoms with Gasteiger partial charge in [-0.3, -0.25) is 9.78 Å². The number of furan rings is 1. The van der Waals surface area contributed by atoms with Crippen LogP contribution in [0.4, 0.5) is 11.4 Å². The van der Waals surface area contributed by atoms with Gasteiger partial charge in [-0.25, -0.2) is 0 Å². The van der Waals surface area contributed by atoms with Gasteiger partial charge < -0.3 is 15.5 Å². The molecule has 0 radical (unpaired) electrons. The van der Waals surface area contributed by atoms with Crippen LogP contribution in [0.15, 0.2) is 51.6 Å². The van der Waals surface area contributed by atoms with Crippen molar-refractivity contribution in [3.05, 3.63) is 53.0 Å². The van der Waals surface area contributed by atoms with Gasteiger partial charge in [0.1, 0.15) is 5.58 Å². The summed E-state index contributed by atoms with van der Waals surface area (Å²) in [5.74, 6) is -0.0963. The van der Waals surface area contributed by atoms with Crippen molar-refractivity contribution in [3.8, 4) is 0 Å². The van der Waals surface area contributed by atoms with Crippen molar-refractivity contribution < 1.29 is 9.21 Å². The summed E-state index contributed by atoms with van der Waals surface area (Å²) in [6.07, 6.45) is 3.20. The third-order valence-corrected chi connectivity index (χ3v) is 3.42. The fraction of sp³-hybridized carbons (Fsp3) is 0. The summed E-state index contributed by atoms with van der Waals surface area (Å²) in [5.41, 5.74) is 7.58. The second kappa shape index (κ2) is 4.97. The molecule has 0 saturated carbocycles. The maximum absolute atomic E-state index is 12.1. The molecule has 0 aliphatic rings. The Morgan fingerprint density at radius 1 is 1.30 bits per heavy atom. The number of halogens is 1. The van der Waals surface area contributed by atoms with Crippen molar-refractivity contribution in [2.24, 2.45) is 0 Å². The second-order valence-electron chi connectivity index (χ2n) is 4.22. The molecule has 100 valence electrons. The van der Waals surface area contributed by atoms with Gasteiger partial charge in [-0.2, -0.15) is 0 Å². The van der Waals surface area contributed by atoms with Gasteiger partial charge in [-0.15, -0.1) is 0 Å². The molecule has 5 nitrogen and oxygen atoms in total. The van der Waals surface area contributed by atoms with Crippen LogP contribution in [0.25, 0.3) is 11.0 Å². The minimum atomic E-state index is -0.327. The van der Waals surface area contributed by atoms with Crippen LogP contribution in [0.5, 0.6) is 0 Å². The third-order valence-electron chi connectivity index (χ3n) is 2.78. The first-order valence-electron chi connectivity index (χ1n) is 5.83. The fourth-order valence-corrected chi connectivity index (χ4v) is 2.18. The zero-order valence-electron chi connectivity index (χ0n) is 10.3. The van der Waals surface area contributed by atoms with E-state index in [1.54, 1.807) is 42.7 Å². The van der Waals surface area contributed by atoms with E-state index < -0.39 is 0 Å². The van der Waals surface area contributed by atoms with E-state index in [-0.39, 0.29) is 11.7 Å². The lowest BCUT2D eigenvalue weighted by molar-refractivity contribution is 0.0998. The van der Waals surface area contributed by atoms with Crippen LogP contribution in [-0.2, 0) is 0 Å². The largest absolute Gasteiger partial charge is 0.451 e. The minimum absolute atomic E-state index is 0.231. The molecule has 1 amide bonds. The van der Waals surface area contributed by atoms with E-state index in [1.807, 2.05) is 0 Å². The molecule has 0 atom stereocenters. The number of aromatic nitrogens is 1. The lowest BCUT2D eigenvalue weighted by Gasteiger charge is -2.04. The molecule has 3 rings (SSSR count). The van der Waals surface area contributed by atoms with Crippen LogP contribution in [0, 0.1) is 0 Å². The molecule has 0 aliphatic heterocycles. The number of fused-ring (bicyclic) bond motifs is 1. The smallest absolute Gasteiger partial charge is 0.291 e. The normalized spacial score (nSPS) is 10.7. The number of carbonyl (C=O) groups is 1. The molecule has 6 heteroatoms. The molecule has 3 N–H and O–H groups in total. The molecule has 0 unspecified atom stereocenters. The maximum Gasteiger partial charge on any atom is 0.291 e. The number of nitrogen functional groups attached to an aromatic ring is 1. The molecule has 2 aromatic heterocycles. The average Bonchev–Trinajstić information content (AvgIpc) is 2.84. The molecule has 0 bridgehead atoms. The van der Waals surface area contributed by atoms with E-state index in [2.05, 4.69) is 26.2 Å². The number of rotatable bonds is 2. The summed E-state index contributed by atoms with van der Waals surface area (Å²) in [7, 11) is 0. The monoisotopic (exact) mass is 331 g/mol. The van der Waals surface area contributed by atoms with Crippen molar-refractivity contribution in [1.29, 1.82) is 0 Å². The number of hydrogen-bond donors (Lipinski definition) is 2. The standard InChI is InChI=1S/C14H10BrN3O2/c15-10-7-17-4-3-11(10)18-14(19)13-6-8-5-9(16)1-2-12(8)20-13/h1-7H,16H2,(H,17,18,19). The molecule has 0 saturated heterocycles. The fourth-order valence-electron chi connectivity index (χ4n) is 1.83. The molecule has 2 heterocycles. The van der Waals surface area contributed by atoms with Gasteiger partial charge in [0.2, 0.25) is 0 Å². The highest BCUT2D eigenvalue weighted by molar-refractivity contribution is 9.10. The summed E-state index contributed by atoms with van der Waals surface area (Å²) in [5, 5.41) is 3.55. The number of carbonyl (C=O) groups excluding carboxylic acids is 1. The molecule has 1 aromatic carbocycles. The van der Waals surface area contributed by atoms with E-state index in [0.29, 0.717) is 21.4 Å². The number of anilines is 2. The number of hydrogen-bond acceptors (Lipinski definition) is 4. The lowest BCUT2D eigenvalue weighted by Crippen LogP contribution is -2.11. The van der Waals surface area contributed by atoms with Crippen molar-refractivity contribution >= 4 is 44.2 Å². The van der Waals surface area contributed by atoms with Crippen molar-refractivity contribution in [3.63, 3.8) is 0 Å². The Kier molecular flexibility index (Phi) is 3.15. The zero-order chi connectivity index (χ0) is 14.1. The van der Waals surface area contributed by atoms with Gasteiger partial charge in [0.25, 0.3) is 5.91 Å². The average molecular weight is 332 g/mol. The minimum Gasteiger partial charge on any atom is -0.451 e. The molecule has 20 heavy (non-hydrogen) atoms. The van der Waals surface area contributed by atoms with Crippen molar-refractivity contribution in [2.75, 3.05) is 11.1 Å². The predicted octanol–water partition coefficient (Wildman–Crippen LogP) is 3.42. The first-order chi connectivity index (χ1) is 9.63. The van der Waals surface area contributed by atoms with Crippen LogP contribution in [0.1, 0.15) is 10.6 Å². The topological polar surface area (TPSA) is 81.1 Å². The Hall–Kier alpha value is -2.34. The van der Waals surface area contributed by atoms with Gasteiger partial charge >= 0.3 is 0 Å². The molecule has 0 spiro atoms. The van der Waals surface area contributed by atoms with Gasteiger partial charge in [-0.1, -0.05) is 0 Å². The predicted molar refractivity (Wildman–Crippen MR) is 80.5 cm³/mol. The van der Waals surface area contributed by atoms with Gasteiger partial charge in [-0.05, 0) is 46.3 Å². The van der Waals surface area contributed by atoms with Gasteiger partial charge in [0, 0.05) is 23.5 Å². The first-order valence-corrected chi connectivity index (χ1v) is 6.63. The lowest BCUT2D eigenvalue weighted by atomic mass is 10.2. The quantitative estimate of drug-likeness (QED) is 0.705. The van der Waals surface area contributed by atoms with Gasteiger partial charge in [0.15, 0.2) is 5.76 Å². The van der Waals surface area contributed by atoms with E-state index >= 15 is 0 Å². The highest BCUT2D eigenvalue weighted by atomic mass is 79.9. The zero-order valence-corrected chi connectivity index (χ0v) is 11.8. The highest BCUT2D eigenvalue weighted by Gasteiger charge is 2.13. The number of nitrogens with two attached hydrogens (primary N) is 1. The third kappa shape index (κ3) is 2.37. The summed E-state index contributed by atoms with van der Waals surface area (Å²) >= 11 is 3.32. The number of amides is 1. The molecular formula is C14H10BrN3O2. The van der Waals surface area contributed by atoms with E-state index in [0.717, 1.165) is 5.39 Å². The van der Waals surface area contributed by atoms with Crippen LogP contribution in [0.2, 0.25) is 0 Å². The molecular weight excluding hydrogens is 322 g/mol. The van der Waals surface area contributed by atoms with Gasteiger partial charge in [0.05, 0.1) is 10.2 Å². The summed E-state index contributed by atoms with van der Waals surface area (Å²) in [6, 6.07) is 8.59. The van der Waals surface area contributed by atoms with E-state index in [4.69, 9.17) is 10.2 Å². The summed E-state index contributed by atoms with van der Waals surface area (Å²) in [6.45, 7) is 0. The Labute approximate surface area is 122 Å². The maximum atomic E-state index is 12.1. The highest BCUT2D eigenvalue weighted by Crippen LogP contribution is 2.24. The number of nitrogens with zero attached hydrogens (tertiary/aromatic N) is 1. The van der Waals surface area contributed by atoms with Crippen LogP contribution in [0.3, 0.4) is 0 Å². The summed E-state index contributed by atoms with van der Waals surface area (Å²) < 4.78 is 6.20. The van der Waals surface area contributed by atoms with Crippen molar-refractivity contribution in [2.45, 2.75) is 0 Å². The Bertz CT molecular complexity index is 798. The number of pyridine rings is 1. The van der Waals surface area contributed by atoms with Crippen LogP contribution < -0.4 is 11.1 Å². The molecule has 0 fully saturated rings. The van der Waals surface area contributed by atoms with E-state index in [1.165, 1.54) is 0 Å². The Morgan fingerprint density at radius 2 is 2.15 bits per heavy atom.